The molecule has 0 spiro atoms. The molecule has 1 aliphatic rings. The predicted molar refractivity (Wildman–Crippen MR) is 126 cm³/mol. The molecule has 0 aliphatic heterocycles. The fourth-order valence-corrected chi connectivity index (χ4v) is 5.09. The molecular formula is C29H23N. The minimum Gasteiger partial charge on any atom is -0.309 e. The van der Waals surface area contributed by atoms with Crippen LogP contribution in [0.3, 0.4) is 0 Å². The molecule has 0 unspecified atom stereocenters. The van der Waals surface area contributed by atoms with Gasteiger partial charge in [0, 0.05) is 16.5 Å². The van der Waals surface area contributed by atoms with Crippen LogP contribution in [0.25, 0.3) is 39.0 Å². The van der Waals surface area contributed by atoms with Gasteiger partial charge in [0.05, 0.1) is 11.2 Å². The third kappa shape index (κ3) is 2.35. The van der Waals surface area contributed by atoms with Gasteiger partial charge in [0.25, 0.3) is 0 Å². The number of rotatable bonds is 2. The highest BCUT2D eigenvalue weighted by molar-refractivity contribution is 5.90. The van der Waals surface area contributed by atoms with Gasteiger partial charge >= 0.3 is 0 Å². The summed E-state index contributed by atoms with van der Waals surface area (Å²) in [6, 6.07) is 37.4. The van der Waals surface area contributed by atoms with Crippen molar-refractivity contribution in [2.24, 2.45) is 0 Å². The lowest BCUT2D eigenvalue weighted by Gasteiger charge is -2.22. The van der Waals surface area contributed by atoms with E-state index in [0.29, 0.717) is 0 Å². The lowest BCUT2D eigenvalue weighted by Crippen LogP contribution is -2.15. The number of hydrogen-bond acceptors (Lipinski definition) is 0. The number of para-hydroxylation sites is 1. The first-order chi connectivity index (χ1) is 14.6. The Balaban J connectivity index is 1.63. The Hall–Kier alpha value is -3.58. The summed E-state index contributed by atoms with van der Waals surface area (Å²) in [5.41, 5.74) is 10.5. The molecule has 0 radical (unpaired) electrons. The van der Waals surface area contributed by atoms with Crippen LogP contribution in [0.4, 0.5) is 0 Å². The Morgan fingerprint density at radius 2 is 1.30 bits per heavy atom. The number of hydrogen-bond donors (Lipinski definition) is 0. The van der Waals surface area contributed by atoms with Gasteiger partial charge in [-0.25, -0.2) is 0 Å². The molecule has 5 aromatic rings. The van der Waals surface area contributed by atoms with Gasteiger partial charge in [0.1, 0.15) is 0 Å². The van der Waals surface area contributed by atoms with Crippen molar-refractivity contribution in [3.8, 4) is 28.1 Å². The Kier molecular flexibility index (Phi) is 3.58. The first-order valence-corrected chi connectivity index (χ1v) is 10.6. The Morgan fingerprint density at radius 1 is 0.600 bits per heavy atom. The van der Waals surface area contributed by atoms with E-state index in [1.54, 1.807) is 0 Å². The Bertz CT molecular complexity index is 1400. The number of nitrogens with zero attached hydrogens (tertiary/aromatic N) is 1. The molecule has 0 saturated heterocycles. The largest absolute Gasteiger partial charge is 0.309 e. The van der Waals surface area contributed by atoms with Crippen LogP contribution < -0.4 is 0 Å². The fraction of sp³-hybridized carbons (Fsp3) is 0.103. The number of fused-ring (bicyclic) bond motifs is 4. The number of aromatic nitrogens is 1. The molecule has 0 saturated carbocycles. The zero-order valence-electron chi connectivity index (χ0n) is 17.3. The predicted octanol–water partition coefficient (Wildman–Crippen LogP) is 7.60. The molecule has 0 atom stereocenters. The molecule has 1 aromatic heterocycles. The lowest BCUT2D eigenvalue weighted by molar-refractivity contribution is 0.660. The molecule has 0 amide bonds. The summed E-state index contributed by atoms with van der Waals surface area (Å²) in [6.07, 6.45) is 0. The van der Waals surface area contributed by atoms with E-state index in [-0.39, 0.29) is 5.41 Å². The van der Waals surface area contributed by atoms with Gasteiger partial charge in [-0.3, -0.25) is 0 Å². The van der Waals surface area contributed by atoms with Crippen molar-refractivity contribution in [2.75, 3.05) is 0 Å². The Morgan fingerprint density at radius 3 is 2.17 bits per heavy atom. The topological polar surface area (TPSA) is 4.93 Å². The quantitative estimate of drug-likeness (QED) is 0.295. The molecule has 1 aliphatic carbocycles. The van der Waals surface area contributed by atoms with Gasteiger partial charge in [0.2, 0.25) is 0 Å². The SMILES string of the molecule is CC1(C)c2ccccc2-c2ccc(-n3c(-c4ccccc4)cc4ccccc43)cc21. The maximum Gasteiger partial charge on any atom is 0.0540 e. The van der Waals surface area contributed by atoms with E-state index in [1.165, 1.54) is 50.1 Å². The van der Waals surface area contributed by atoms with Crippen LogP contribution in [0.5, 0.6) is 0 Å². The second-order valence-corrected chi connectivity index (χ2v) is 8.69. The molecule has 1 nitrogen and oxygen atoms in total. The van der Waals surface area contributed by atoms with E-state index in [4.69, 9.17) is 0 Å². The van der Waals surface area contributed by atoms with Crippen molar-refractivity contribution in [1.29, 1.82) is 0 Å². The van der Waals surface area contributed by atoms with Crippen LogP contribution in [0.1, 0.15) is 25.0 Å². The van der Waals surface area contributed by atoms with E-state index >= 15 is 0 Å². The van der Waals surface area contributed by atoms with Gasteiger partial charge in [-0.1, -0.05) is 92.7 Å². The molecule has 4 aromatic carbocycles. The molecule has 0 bridgehead atoms. The summed E-state index contributed by atoms with van der Waals surface area (Å²) < 4.78 is 2.41. The molecule has 144 valence electrons. The highest BCUT2D eigenvalue weighted by atomic mass is 15.0. The average Bonchev–Trinajstić information content (AvgIpc) is 3.28. The first-order valence-electron chi connectivity index (χ1n) is 10.6. The van der Waals surface area contributed by atoms with Gasteiger partial charge in [-0.15, -0.1) is 0 Å². The van der Waals surface area contributed by atoms with Crippen molar-refractivity contribution in [3.05, 3.63) is 114 Å². The van der Waals surface area contributed by atoms with Crippen molar-refractivity contribution >= 4 is 10.9 Å². The van der Waals surface area contributed by atoms with Crippen LogP contribution in [0, 0.1) is 0 Å². The molecule has 0 fully saturated rings. The first kappa shape index (κ1) is 17.3. The van der Waals surface area contributed by atoms with Crippen molar-refractivity contribution in [3.63, 3.8) is 0 Å². The lowest BCUT2D eigenvalue weighted by atomic mass is 9.82. The monoisotopic (exact) mass is 385 g/mol. The summed E-state index contributed by atoms with van der Waals surface area (Å²) in [5.74, 6) is 0. The molecule has 0 N–H and O–H groups in total. The second-order valence-electron chi connectivity index (χ2n) is 8.69. The summed E-state index contributed by atoms with van der Waals surface area (Å²) in [5, 5.41) is 1.26. The zero-order valence-corrected chi connectivity index (χ0v) is 17.3. The van der Waals surface area contributed by atoms with Crippen LogP contribution in [0.2, 0.25) is 0 Å². The highest BCUT2D eigenvalue weighted by Gasteiger charge is 2.35. The van der Waals surface area contributed by atoms with Crippen molar-refractivity contribution in [1.82, 2.24) is 4.57 Å². The van der Waals surface area contributed by atoms with E-state index < -0.39 is 0 Å². The fourth-order valence-electron chi connectivity index (χ4n) is 5.09. The van der Waals surface area contributed by atoms with Crippen molar-refractivity contribution < 1.29 is 0 Å². The van der Waals surface area contributed by atoms with Gasteiger partial charge < -0.3 is 4.57 Å². The molecule has 30 heavy (non-hydrogen) atoms. The molecule has 1 heteroatoms. The second kappa shape index (κ2) is 6.21. The van der Waals surface area contributed by atoms with Crippen LogP contribution in [0.15, 0.2) is 103 Å². The average molecular weight is 386 g/mol. The molecule has 1 heterocycles. The third-order valence-electron chi connectivity index (χ3n) is 6.61. The van der Waals surface area contributed by atoms with Gasteiger partial charge in [0.15, 0.2) is 0 Å². The van der Waals surface area contributed by atoms with E-state index in [1.807, 2.05) is 0 Å². The standard InChI is InChI=1S/C29H23N/c1-29(2)25-14-8-7-13-23(25)24-17-16-22(19-26(24)29)30-27-15-9-6-12-21(27)18-28(30)20-10-4-3-5-11-20/h3-19H,1-2H3. The smallest absolute Gasteiger partial charge is 0.0540 e. The third-order valence-corrected chi connectivity index (χ3v) is 6.61. The normalized spacial score (nSPS) is 13.9. The number of benzene rings is 4. The minimum absolute atomic E-state index is 0.00218. The van der Waals surface area contributed by atoms with Crippen LogP contribution in [-0.2, 0) is 5.41 Å². The summed E-state index contributed by atoms with van der Waals surface area (Å²) in [6.45, 7) is 4.68. The summed E-state index contributed by atoms with van der Waals surface area (Å²) >= 11 is 0. The maximum atomic E-state index is 2.41. The zero-order chi connectivity index (χ0) is 20.3. The molecule has 6 rings (SSSR count). The van der Waals surface area contributed by atoms with Gasteiger partial charge in [-0.05, 0) is 52.1 Å². The minimum atomic E-state index is -0.00218. The van der Waals surface area contributed by atoms with E-state index in [9.17, 15) is 0 Å². The van der Waals surface area contributed by atoms with Crippen LogP contribution >= 0.6 is 0 Å². The summed E-state index contributed by atoms with van der Waals surface area (Å²) in [7, 11) is 0. The van der Waals surface area contributed by atoms with Crippen molar-refractivity contribution in [2.45, 2.75) is 19.3 Å². The van der Waals surface area contributed by atoms with E-state index in [0.717, 1.165) is 0 Å². The van der Waals surface area contributed by atoms with Gasteiger partial charge in [-0.2, -0.15) is 0 Å². The highest BCUT2D eigenvalue weighted by Crippen LogP contribution is 2.49. The van der Waals surface area contributed by atoms with E-state index in [2.05, 4.69) is 122 Å². The molecular weight excluding hydrogens is 362 g/mol. The maximum absolute atomic E-state index is 2.41. The summed E-state index contributed by atoms with van der Waals surface area (Å²) in [4.78, 5) is 0. The Labute approximate surface area is 177 Å². The van der Waals surface area contributed by atoms with Crippen LogP contribution in [-0.4, -0.2) is 4.57 Å².